The van der Waals surface area contributed by atoms with Crippen LogP contribution in [-0.2, 0) is 9.53 Å². The molecular weight excluding hydrogens is 248 g/mol. The van der Waals surface area contributed by atoms with Gasteiger partial charge in [-0.15, -0.1) is 0 Å². The highest BCUT2D eigenvalue weighted by Crippen LogP contribution is 2.37. The Morgan fingerprint density at radius 3 is 2.56 bits per heavy atom. The molecule has 1 amide bonds. The predicted octanol–water partition coefficient (Wildman–Crippen LogP) is 1.52. The van der Waals surface area contributed by atoms with Crippen LogP contribution < -0.4 is 11.1 Å². The molecule has 18 heavy (non-hydrogen) atoms. The van der Waals surface area contributed by atoms with Gasteiger partial charge in [0, 0.05) is 6.61 Å². The van der Waals surface area contributed by atoms with Crippen molar-refractivity contribution >= 4 is 23.1 Å². The highest BCUT2D eigenvalue weighted by atomic mass is 32.1. The van der Waals surface area contributed by atoms with E-state index >= 15 is 0 Å². The van der Waals surface area contributed by atoms with Crippen LogP contribution in [-0.4, -0.2) is 30.2 Å². The first kappa shape index (κ1) is 13.7. The third-order valence-corrected chi connectivity index (χ3v) is 4.50. The molecule has 1 atom stereocenters. The Hall–Kier alpha value is -0.680. The van der Waals surface area contributed by atoms with Crippen molar-refractivity contribution in [2.24, 2.45) is 11.1 Å². The number of nitrogens with two attached hydrogens (primary N) is 1. The molecule has 1 aliphatic heterocycles. The maximum Gasteiger partial charge on any atom is 0.233 e. The van der Waals surface area contributed by atoms with Gasteiger partial charge in [-0.3, -0.25) is 4.79 Å². The van der Waals surface area contributed by atoms with Crippen LogP contribution in [0.4, 0.5) is 0 Å². The molecule has 3 N–H and O–H groups in total. The molecule has 4 nitrogen and oxygen atoms in total. The lowest BCUT2D eigenvalue weighted by Crippen LogP contribution is -2.53. The van der Waals surface area contributed by atoms with Crippen LogP contribution >= 0.6 is 12.2 Å². The summed E-state index contributed by atoms with van der Waals surface area (Å²) in [5.74, 6) is 0.0187. The lowest BCUT2D eigenvalue weighted by Gasteiger charge is -2.36. The van der Waals surface area contributed by atoms with Gasteiger partial charge in [0.15, 0.2) is 0 Å². The molecule has 2 fully saturated rings. The van der Waals surface area contributed by atoms with Gasteiger partial charge in [-0.05, 0) is 25.7 Å². The minimum Gasteiger partial charge on any atom is -0.392 e. The van der Waals surface area contributed by atoms with Gasteiger partial charge in [0.25, 0.3) is 0 Å². The third kappa shape index (κ3) is 2.83. The predicted molar refractivity (Wildman–Crippen MR) is 74.3 cm³/mol. The smallest absolute Gasteiger partial charge is 0.233 e. The number of carbonyl (C=O) groups excluding carboxylic acids is 1. The number of carbonyl (C=O) groups is 1. The van der Waals surface area contributed by atoms with E-state index in [1.165, 1.54) is 6.42 Å². The molecule has 1 unspecified atom stereocenters. The summed E-state index contributed by atoms with van der Waals surface area (Å²) in [6.45, 7) is 1.41. The summed E-state index contributed by atoms with van der Waals surface area (Å²) in [5, 5.41) is 3.08. The van der Waals surface area contributed by atoms with Crippen LogP contribution in [0.2, 0.25) is 0 Å². The summed E-state index contributed by atoms with van der Waals surface area (Å²) in [5.41, 5.74) is 5.24. The van der Waals surface area contributed by atoms with Crippen molar-refractivity contribution in [2.45, 2.75) is 51.0 Å². The van der Waals surface area contributed by atoms with Crippen LogP contribution in [0.25, 0.3) is 0 Å². The van der Waals surface area contributed by atoms with E-state index in [1.807, 2.05) is 0 Å². The van der Waals surface area contributed by atoms with Crippen molar-refractivity contribution in [3.8, 4) is 0 Å². The fraction of sp³-hybridized carbons (Fsp3) is 0.846. The quantitative estimate of drug-likeness (QED) is 0.763. The van der Waals surface area contributed by atoms with Crippen molar-refractivity contribution < 1.29 is 9.53 Å². The van der Waals surface area contributed by atoms with Gasteiger partial charge in [-0.2, -0.15) is 0 Å². The fourth-order valence-electron chi connectivity index (χ4n) is 2.92. The highest BCUT2D eigenvalue weighted by molar-refractivity contribution is 7.80. The summed E-state index contributed by atoms with van der Waals surface area (Å²) < 4.78 is 5.38. The van der Waals surface area contributed by atoms with Crippen molar-refractivity contribution in [1.82, 2.24) is 5.32 Å². The second kappa shape index (κ2) is 5.97. The Morgan fingerprint density at radius 1 is 1.28 bits per heavy atom. The van der Waals surface area contributed by atoms with Gasteiger partial charge >= 0.3 is 0 Å². The molecule has 1 saturated heterocycles. The van der Waals surface area contributed by atoms with Crippen LogP contribution in [0, 0.1) is 5.41 Å². The number of nitrogens with one attached hydrogen (secondary N) is 1. The van der Waals surface area contributed by atoms with Gasteiger partial charge in [0.1, 0.15) is 0 Å². The molecule has 0 bridgehead atoms. The van der Waals surface area contributed by atoms with Crippen molar-refractivity contribution in [3.63, 3.8) is 0 Å². The Balaban J connectivity index is 2.01. The minimum atomic E-state index is -0.606. The number of hydrogen-bond donors (Lipinski definition) is 2. The maximum absolute atomic E-state index is 12.5. The lowest BCUT2D eigenvalue weighted by atomic mass is 9.73. The SMILES string of the molecule is NC(=S)C1(C(=O)NC2CCCOC2)CCCCC1. The molecule has 0 aromatic carbocycles. The van der Waals surface area contributed by atoms with E-state index in [9.17, 15) is 4.79 Å². The Kier molecular flexibility index (Phi) is 4.56. The zero-order valence-electron chi connectivity index (χ0n) is 10.7. The Morgan fingerprint density at radius 2 is 2.00 bits per heavy atom. The normalized spacial score (nSPS) is 27.4. The second-order valence-electron chi connectivity index (χ2n) is 5.39. The first-order chi connectivity index (χ1) is 8.65. The average molecular weight is 270 g/mol. The molecule has 1 aliphatic carbocycles. The van der Waals surface area contributed by atoms with Crippen LogP contribution in [0.5, 0.6) is 0 Å². The van der Waals surface area contributed by atoms with E-state index in [2.05, 4.69) is 5.32 Å². The van der Waals surface area contributed by atoms with E-state index < -0.39 is 5.41 Å². The molecule has 0 radical (unpaired) electrons. The van der Waals surface area contributed by atoms with Crippen LogP contribution in [0.3, 0.4) is 0 Å². The fourth-order valence-corrected chi connectivity index (χ4v) is 3.22. The average Bonchev–Trinajstić information content (AvgIpc) is 2.40. The molecule has 5 heteroatoms. The van der Waals surface area contributed by atoms with E-state index in [-0.39, 0.29) is 11.9 Å². The Bertz CT molecular complexity index is 321. The molecule has 1 heterocycles. The number of amides is 1. The van der Waals surface area contributed by atoms with Gasteiger partial charge < -0.3 is 15.8 Å². The molecule has 0 aromatic heterocycles. The summed E-state index contributed by atoms with van der Waals surface area (Å²) in [7, 11) is 0. The lowest BCUT2D eigenvalue weighted by molar-refractivity contribution is -0.130. The summed E-state index contributed by atoms with van der Waals surface area (Å²) in [6.07, 6.45) is 6.82. The number of hydrogen-bond acceptors (Lipinski definition) is 3. The monoisotopic (exact) mass is 270 g/mol. The summed E-state index contributed by atoms with van der Waals surface area (Å²) in [4.78, 5) is 12.9. The van der Waals surface area contributed by atoms with Crippen molar-refractivity contribution in [3.05, 3.63) is 0 Å². The molecule has 1 saturated carbocycles. The molecule has 0 aromatic rings. The highest BCUT2D eigenvalue weighted by Gasteiger charge is 2.43. The second-order valence-corrected chi connectivity index (χ2v) is 5.83. The zero-order chi connectivity index (χ0) is 13.0. The topological polar surface area (TPSA) is 64.4 Å². The standard InChI is InChI=1S/C13H22N2O2S/c14-11(18)13(6-2-1-3-7-13)12(16)15-10-5-4-8-17-9-10/h10H,1-9H2,(H2,14,18)(H,15,16). The Labute approximate surface area is 114 Å². The van der Waals surface area contributed by atoms with Crippen LogP contribution in [0.15, 0.2) is 0 Å². The van der Waals surface area contributed by atoms with Gasteiger partial charge in [0.2, 0.25) is 5.91 Å². The largest absolute Gasteiger partial charge is 0.392 e. The van der Waals surface area contributed by atoms with Gasteiger partial charge in [-0.1, -0.05) is 31.5 Å². The summed E-state index contributed by atoms with van der Waals surface area (Å²) in [6, 6.07) is 0.124. The third-order valence-electron chi connectivity index (χ3n) is 4.11. The molecule has 2 rings (SSSR count). The minimum absolute atomic E-state index is 0.0187. The van der Waals surface area contributed by atoms with Gasteiger partial charge in [-0.25, -0.2) is 0 Å². The zero-order valence-corrected chi connectivity index (χ0v) is 11.6. The molecular formula is C13H22N2O2S. The van der Waals surface area contributed by atoms with Crippen LogP contribution in [0.1, 0.15) is 44.9 Å². The first-order valence-electron chi connectivity index (χ1n) is 6.84. The number of ether oxygens (including phenoxy) is 1. The van der Waals surface area contributed by atoms with Crippen molar-refractivity contribution in [2.75, 3.05) is 13.2 Å². The number of rotatable bonds is 3. The summed E-state index contributed by atoms with van der Waals surface area (Å²) >= 11 is 5.16. The van der Waals surface area contributed by atoms with E-state index in [0.29, 0.717) is 11.6 Å². The maximum atomic E-state index is 12.5. The van der Waals surface area contributed by atoms with E-state index in [4.69, 9.17) is 22.7 Å². The first-order valence-corrected chi connectivity index (χ1v) is 7.24. The molecule has 102 valence electrons. The molecule has 0 spiro atoms. The number of thiocarbonyl (C=S) groups is 1. The van der Waals surface area contributed by atoms with Crippen molar-refractivity contribution in [1.29, 1.82) is 0 Å². The van der Waals surface area contributed by atoms with Gasteiger partial charge in [0.05, 0.1) is 23.1 Å². The van der Waals surface area contributed by atoms with E-state index in [1.54, 1.807) is 0 Å². The van der Waals surface area contributed by atoms with E-state index in [0.717, 1.165) is 45.1 Å². The molecule has 2 aliphatic rings.